The van der Waals surface area contributed by atoms with Gasteiger partial charge in [-0.25, -0.2) is 0 Å². The van der Waals surface area contributed by atoms with Crippen molar-refractivity contribution in [3.05, 3.63) is 0 Å². The van der Waals surface area contributed by atoms with Crippen molar-refractivity contribution >= 4 is 11.6 Å². The summed E-state index contributed by atoms with van der Waals surface area (Å²) >= 11 is 0. The fraction of sp³-hybridized carbons (Fsp3) is 0.818. The Kier molecular flexibility index (Phi) is 1.87. The third kappa shape index (κ3) is 0.817. The van der Waals surface area contributed by atoms with Gasteiger partial charge in [0.2, 0.25) is 11.6 Å². The molecule has 2 saturated carbocycles. The molecule has 0 saturated heterocycles. The number of rotatable bonds is 2. The fourth-order valence-electron chi connectivity index (χ4n) is 3.42. The van der Waals surface area contributed by atoms with Crippen molar-refractivity contribution in [2.24, 2.45) is 16.7 Å². The number of Topliss-reactive ketones (excluding diaryl/α,β-unsaturated/α-hetero) is 2. The molecular formula is C11H16O3. The van der Waals surface area contributed by atoms with Crippen molar-refractivity contribution in [2.45, 2.75) is 33.1 Å². The number of ketones is 2. The van der Waals surface area contributed by atoms with E-state index in [-0.39, 0.29) is 29.5 Å². The summed E-state index contributed by atoms with van der Waals surface area (Å²) in [6.45, 7) is 3.97. The van der Waals surface area contributed by atoms with Crippen molar-refractivity contribution < 1.29 is 14.7 Å². The Morgan fingerprint density at radius 1 is 1.43 bits per heavy atom. The van der Waals surface area contributed by atoms with E-state index >= 15 is 0 Å². The largest absolute Gasteiger partial charge is 0.396 e. The minimum Gasteiger partial charge on any atom is -0.396 e. The Hall–Kier alpha value is -0.700. The lowest BCUT2D eigenvalue weighted by Gasteiger charge is -2.34. The molecule has 2 atom stereocenters. The molecule has 2 bridgehead atoms. The highest BCUT2D eigenvalue weighted by atomic mass is 16.3. The van der Waals surface area contributed by atoms with Crippen molar-refractivity contribution in [3.63, 3.8) is 0 Å². The van der Waals surface area contributed by atoms with E-state index in [0.29, 0.717) is 6.42 Å². The van der Waals surface area contributed by atoms with Crippen molar-refractivity contribution in [1.29, 1.82) is 0 Å². The number of hydrogen-bond acceptors (Lipinski definition) is 3. The van der Waals surface area contributed by atoms with Crippen LogP contribution in [0.1, 0.15) is 33.1 Å². The van der Waals surface area contributed by atoms with Crippen LogP contribution < -0.4 is 0 Å². The second-order valence-electron chi connectivity index (χ2n) is 5.06. The molecule has 0 spiro atoms. The van der Waals surface area contributed by atoms with Gasteiger partial charge in [0, 0.05) is 17.9 Å². The molecule has 2 aliphatic rings. The highest BCUT2D eigenvalue weighted by Gasteiger charge is 2.68. The van der Waals surface area contributed by atoms with Crippen LogP contribution in [-0.4, -0.2) is 23.3 Å². The van der Waals surface area contributed by atoms with Gasteiger partial charge < -0.3 is 5.11 Å². The quantitative estimate of drug-likeness (QED) is 0.669. The zero-order valence-corrected chi connectivity index (χ0v) is 8.67. The number of hydrogen-bond donors (Lipinski definition) is 1. The van der Waals surface area contributed by atoms with Crippen molar-refractivity contribution in [1.82, 2.24) is 0 Å². The molecular weight excluding hydrogens is 180 g/mol. The van der Waals surface area contributed by atoms with E-state index < -0.39 is 5.41 Å². The number of fused-ring (bicyclic) bond motifs is 2. The normalized spacial score (nSPS) is 39.5. The Morgan fingerprint density at radius 3 is 2.50 bits per heavy atom. The average Bonchev–Trinajstić information content (AvgIpc) is 2.43. The van der Waals surface area contributed by atoms with Crippen LogP contribution in [0.15, 0.2) is 0 Å². The van der Waals surface area contributed by atoms with E-state index in [1.807, 2.05) is 13.8 Å². The molecule has 0 radical (unpaired) electrons. The predicted octanol–water partition coefficient (Wildman–Crippen LogP) is 0.943. The molecule has 0 amide bonds. The van der Waals surface area contributed by atoms with Gasteiger partial charge in [0.1, 0.15) is 0 Å². The Balaban J connectivity index is 2.47. The zero-order chi connectivity index (χ0) is 10.6. The molecule has 0 aromatic heterocycles. The average molecular weight is 196 g/mol. The van der Waals surface area contributed by atoms with Gasteiger partial charge in [-0.15, -0.1) is 0 Å². The maximum Gasteiger partial charge on any atom is 0.205 e. The maximum absolute atomic E-state index is 11.8. The zero-order valence-electron chi connectivity index (χ0n) is 8.67. The van der Waals surface area contributed by atoms with Gasteiger partial charge in [-0.3, -0.25) is 9.59 Å². The van der Waals surface area contributed by atoms with Gasteiger partial charge in [0.05, 0.1) is 0 Å². The Labute approximate surface area is 83.5 Å². The summed E-state index contributed by atoms with van der Waals surface area (Å²) in [5.74, 6) is -0.524. The van der Waals surface area contributed by atoms with Gasteiger partial charge in [-0.05, 0) is 24.7 Å². The molecule has 1 N–H and O–H groups in total. The van der Waals surface area contributed by atoms with Gasteiger partial charge in [0.15, 0.2) is 0 Å². The maximum atomic E-state index is 11.8. The smallest absolute Gasteiger partial charge is 0.205 e. The molecule has 2 unspecified atom stereocenters. The van der Waals surface area contributed by atoms with E-state index in [0.717, 1.165) is 12.8 Å². The number of aliphatic hydroxyl groups excluding tert-OH is 1. The summed E-state index contributed by atoms with van der Waals surface area (Å²) in [5, 5.41) is 9.01. The van der Waals surface area contributed by atoms with E-state index in [2.05, 4.69) is 0 Å². The van der Waals surface area contributed by atoms with Crippen LogP contribution in [0.2, 0.25) is 0 Å². The van der Waals surface area contributed by atoms with Crippen LogP contribution in [0, 0.1) is 16.7 Å². The summed E-state index contributed by atoms with van der Waals surface area (Å²) in [7, 11) is 0. The van der Waals surface area contributed by atoms with Crippen LogP contribution in [0.3, 0.4) is 0 Å². The predicted molar refractivity (Wildman–Crippen MR) is 50.7 cm³/mol. The molecule has 0 heterocycles. The minimum absolute atomic E-state index is 0.00479. The monoisotopic (exact) mass is 196 g/mol. The van der Waals surface area contributed by atoms with E-state index in [1.54, 1.807) is 0 Å². The SMILES string of the molecule is CC1(C)C2CCC1(CCO)C(=O)C2=O. The molecule has 14 heavy (non-hydrogen) atoms. The molecule has 78 valence electrons. The van der Waals surface area contributed by atoms with Gasteiger partial charge in [-0.2, -0.15) is 0 Å². The highest BCUT2D eigenvalue weighted by molar-refractivity contribution is 6.43. The number of aliphatic hydroxyl groups is 1. The van der Waals surface area contributed by atoms with E-state index in [9.17, 15) is 9.59 Å². The summed E-state index contributed by atoms with van der Waals surface area (Å²) < 4.78 is 0. The second-order valence-corrected chi connectivity index (χ2v) is 5.06. The van der Waals surface area contributed by atoms with Crippen molar-refractivity contribution in [3.8, 4) is 0 Å². The molecule has 2 aliphatic carbocycles. The summed E-state index contributed by atoms with van der Waals surface area (Å²) in [6, 6.07) is 0. The standard InChI is InChI=1S/C11H16O3/c1-10(2)7-3-4-11(10,5-6-12)9(14)8(7)13/h7,12H,3-6H2,1-2H3. The third-order valence-corrected chi connectivity index (χ3v) is 4.48. The summed E-state index contributed by atoms with van der Waals surface area (Å²) in [5.41, 5.74) is -0.798. The summed E-state index contributed by atoms with van der Waals surface area (Å²) in [6.07, 6.45) is 2.04. The molecule has 0 aromatic rings. The first-order chi connectivity index (χ1) is 6.47. The highest BCUT2D eigenvalue weighted by Crippen LogP contribution is 2.63. The van der Waals surface area contributed by atoms with E-state index in [4.69, 9.17) is 5.11 Å². The van der Waals surface area contributed by atoms with Gasteiger partial charge in [-0.1, -0.05) is 13.8 Å². The first kappa shape index (κ1) is 9.84. The first-order valence-corrected chi connectivity index (χ1v) is 5.17. The molecule has 2 fully saturated rings. The van der Waals surface area contributed by atoms with Gasteiger partial charge >= 0.3 is 0 Å². The summed E-state index contributed by atoms with van der Waals surface area (Å²) in [4.78, 5) is 23.5. The van der Waals surface area contributed by atoms with Crippen LogP contribution in [0.4, 0.5) is 0 Å². The van der Waals surface area contributed by atoms with Crippen LogP contribution in [-0.2, 0) is 9.59 Å². The molecule has 0 aromatic carbocycles. The lowest BCUT2D eigenvalue weighted by atomic mass is 9.67. The molecule has 3 heteroatoms. The lowest BCUT2D eigenvalue weighted by Crippen LogP contribution is -2.37. The topological polar surface area (TPSA) is 54.4 Å². The molecule has 3 nitrogen and oxygen atoms in total. The van der Waals surface area contributed by atoms with Crippen LogP contribution in [0.25, 0.3) is 0 Å². The molecule has 0 aliphatic heterocycles. The fourth-order valence-corrected chi connectivity index (χ4v) is 3.42. The number of carbonyl (C=O) groups excluding carboxylic acids is 2. The van der Waals surface area contributed by atoms with Crippen LogP contribution >= 0.6 is 0 Å². The van der Waals surface area contributed by atoms with Crippen LogP contribution in [0.5, 0.6) is 0 Å². The minimum atomic E-state index is -0.552. The van der Waals surface area contributed by atoms with Gasteiger partial charge in [0.25, 0.3) is 0 Å². The van der Waals surface area contributed by atoms with E-state index in [1.165, 1.54) is 0 Å². The first-order valence-electron chi connectivity index (χ1n) is 5.17. The Bertz CT molecular complexity index is 306. The molecule has 2 rings (SSSR count). The third-order valence-electron chi connectivity index (χ3n) is 4.48. The van der Waals surface area contributed by atoms with Crippen molar-refractivity contribution in [2.75, 3.05) is 6.61 Å². The number of carbonyl (C=O) groups is 2. The Morgan fingerprint density at radius 2 is 2.07 bits per heavy atom. The second kappa shape index (κ2) is 2.66. The lowest BCUT2D eigenvalue weighted by molar-refractivity contribution is -0.142.